The molecule has 0 saturated carbocycles. The highest BCUT2D eigenvalue weighted by Gasteiger charge is 1.96. The lowest BCUT2D eigenvalue weighted by Crippen LogP contribution is -1.71. The van der Waals surface area contributed by atoms with Crippen molar-refractivity contribution in [2.24, 2.45) is 5.18 Å². The van der Waals surface area contributed by atoms with Crippen LogP contribution in [0, 0.1) is 11.8 Å². The van der Waals surface area contributed by atoms with Crippen LogP contribution in [-0.4, -0.2) is 11.9 Å². The molecule has 0 bridgehead atoms. The maximum Gasteiger partial charge on any atom is 0.115 e. The van der Waals surface area contributed by atoms with Crippen molar-refractivity contribution in [3.05, 3.63) is 28.7 Å². The van der Waals surface area contributed by atoms with Crippen LogP contribution < -0.4 is 0 Å². The molecule has 0 saturated heterocycles. The van der Waals surface area contributed by atoms with Crippen LogP contribution in [0.1, 0.15) is 5.56 Å². The van der Waals surface area contributed by atoms with E-state index in [0.717, 1.165) is 0 Å². The summed E-state index contributed by atoms with van der Waals surface area (Å²) in [6, 6.07) is 4.41. The highest BCUT2D eigenvalue weighted by molar-refractivity contribution is 5.48. The number of phenolic OH excluding ortho intramolecular Hbond substituents is 1. The van der Waals surface area contributed by atoms with Crippen LogP contribution in [0.25, 0.3) is 0 Å². The Kier molecular flexibility index (Phi) is 4.30. The minimum absolute atomic E-state index is 0.157. The van der Waals surface area contributed by atoms with E-state index in [1.807, 2.05) is 6.79 Å². The van der Waals surface area contributed by atoms with E-state index >= 15 is 0 Å². The minimum atomic E-state index is 0.157. The van der Waals surface area contributed by atoms with E-state index in [1.165, 1.54) is 18.2 Å². The van der Waals surface area contributed by atoms with Gasteiger partial charge >= 0.3 is 0 Å². The van der Waals surface area contributed by atoms with Gasteiger partial charge in [0.25, 0.3) is 0 Å². The summed E-state index contributed by atoms with van der Waals surface area (Å²) >= 11 is 0. The first-order chi connectivity index (χ1) is 5.74. The molecule has 0 aliphatic carbocycles. The van der Waals surface area contributed by atoms with Gasteiger partial charge in [-0.2, -0.15) is 0 Å². The molecule has 0 aliphatic heterocycles. The van der Waals surface area contributed by atoms with E-state index in [-0.39, 0.29) is 5.75 Å². The van der Waals surface area contributed by atoms with E-state index in [1.54, 1.807) is 6.92 Å². The molecule has 4 heteroatoms. The first kappa shape index (κ1) is 10.3. The van der Waals surface area contributed by atoms with Gasteiger partial charge in [0.1, 0.15) is 18.2 Å². The highest BCUT2D eigenvalue weighted by Crippen LogP contribution is 2.21. The van der Waals surface area contributed by atoms with Gasteiger partial charge in [0.15, 0.2) is 0 Å². The molecular weight excluding hydrogens is 158 g/mol. The van der Waals surface area contributed by atoms with E-state index < -0.39 is 0 Å². The number of phenols is 1. The van der Waals surface area contributed by atoms with Crippen LogP contribution in [-0.2, 0) is 4.79 Å². The number of carbonyl (C=O) groups is 1. The van der Waals surface area contributed by atoms with Gasteiger partial charge in [-0.15, -0.1) is 4.91 Å². The lowest BCUT2D eigenvalue weighted by molar-refractivity contribution is -0.0979. The summed E-state index contributed by atoms with van der Waals surface area (Å²) in [6.07, 6.45) is 0. The van der Waals surface area contributed by atoms with E-state index in [4.69, 9.17) is 9.90 Å². The summed E-state index contributed by atoms with van der Waals surface area (Å²) in [4.78, 5) is 18.0. The van der Waals surface area contributed by atoms with Crippen LogP contribution in [0.2, 0.25) is 0 Å². The number of aryl methyl sites for hydroxylation is 1. The number of hydrogen-bond donors (Lipinski definition) is 1. The number of nitroso groups, excluding NO2 is 1. The van der Waals surface area contributed by atoms with Gasteiger partial charge in [0, 0.05) is 0 Å². The second kappa shape index (κ2) is 5.01. The lowest BCUT2D eigenvalue weighted by Gasteiger charge is -1.95. The Morgan fingerprint density at radius 2 is 2.00 bits per heavy atom. The molecule has 64 valence electrons. The first-order valence-electron chi connectivity index (χ1n) is 3.16. The zero-order chi connectivity index (χ0) is 9.56. The maximum atomic E-state index is 10.0. The van der Waals surface area contributed by atoms with Crippen molar-refractivity contribution in [1.82, 2.24) is 0 Å². The van der Waals surface area contributed by atoms with Gasteiger partial charge in [0.05, 0.1) is 0 Å². The first-order valence-corrected chi connectivity index (χ1v) is 3.16. The molecule has 1 aromatic rings. The van der Waals surface area contributed by atoms with E-state index in [9.17, 15) is 4.91 Å². The van der Waals surface area contributed by atoms with Gasteiger partial charge in [-0.25, -0.2) is 0 Å². The SMILES string of the molecule is C=O.Cc1cc(O)ccc1N=O. The zero-order valence-corrected chi connectivity index (χ0v) is 6.65. The average Bonchev–Trinajstić information content (AvgIpc) is 2.08. The number of rotatable bonds is 1. The van der Waals surface area contributed by atoms with Crippen molar-refractivity contribution in [3.8, 4) is 5.75 Å². The molecule has 1 N–H and O–H groups in total. The highest BCUT2D eigenvalue weighted by atomic mass is 16.3. The van der Waals surface area contributed by atoms with Crippen LogP contribution in [0.4, 0.5) is 5.69 Å². The summed E-state index contributed by atoms with van der Waals surface area (Å²) in [5.74, 6) is 0.157. The molecule has 0 heterocycles. The van der Waals surface area contributed by atoms with Gasteiger partial charge in [-0.3, -0.25) is 0 Å². The second-order valence-electron chi connectivity index (χ2n) is 2.06. The molecule has 0 atom stereocenters. The fourth-order valence-electron chi connectivity index (χ4n) is 0.742. The smallest absolute Gasteiger partial charge is 0.115 e. The molecule has 4 nitrogen and oxygen atoms in total. The normalized spacial score (nSPS) is 8.08. The topological polar surface area (TPSA) is 66.7 Å². The number of carbonyl (C=O) groups excluding carboxylic acids is 1. The van der Waals surface area contributed by atoms with E-state index in [0.29, 0.717) is 11.3 Å². The summed E-state index contributed by atoms with van der Waals surface area (Å²) in [5.41, 5.74) is 1.06. The third kappa shape index (κ3) is 2.49. The van der Waals surface area contributed by atoms with Crippen molar-refractivity contribution in [1.29, 1.82) is 0 Å². The monoisotopic (exact) mass is 167 g/mol. The predicted octanol–water partition coefficient (Wildman–Crippen LogP) is 1.91. The van der Waals surface area contributed by atoms with Gasteiger partial charge < -0.3 is 9.90 Å². The summed E-state index contributed by atoms with van der Waals surface area (Å²) < 4.78 is 0. The fraction of sp³-hybridized carbons (Fsp3) is 0.125. The van der Waals surface area contributed by atoms with Gasteiger partial charge in [-0.05, 0) is 35.9 Å². The van der Waals surface area contributed by atoms with Crippen molar-refractivity contribution in [2.75, 3.05) is 0 Å². The molecule has 0 aromatic heterocycles. The van der Waals surface area contributed by atoms with E-state index in [2.05, 4.69) is 5.18 Å². The molecule has 0 spiro atoms. The Balaban J connectivity index is 0.000000561. The summed E-state index contributed by atoms with van der Waals surface area (Å²) in [5, 5.41) is 11.6. The Bertz CT molecular complexity index is 273. The van der Waals surface area contributed by atoms with Crippen molar-refractivity contribution in [2.45, 2.75) is 6.92 Å². The molecule has 0 unspecified atom stereocenters. The molecule has 12 heavy (non-hydrogen) atoms. The fourth-order valence-corrected chi connectivity index (χ4v) is 0.742. The third-order valence-electron chi connectivity index (χ3n) is 1.28. The molecule has 1 rings (SSSR count). The molecule has 1 aromatic carbocycles. The van der Waals surface area contributed by atoms with Crippen LogP contribution in [0.3, 0.4) is 0 Å². The quantitative estimate of drug-likeness (QED) is 0.649. The number of aromatic hydroxyl groups is 1. The van der Waals surface area contributed by atoms with Crippen LogP contribution in [0.5, 0.6) is 5.75 Å². The standard InChI is InChI=1S/C7H7NO2.CH2O/c1-5-4-6(9)2-3-7(5)8-10;1-2/h2-4,9H,1H3;1H2. The van der Waals surface area contributed by atoms with Gasteiger partial charge in [0.2, 0.25) is 0 Å². The predicted molar refractivity (Wildman–Crippen MR) is 45.4 cm³/mol. The van der Waals surface area contributed by atoms with Crippen LogP contribution in [0.15, 0.2) is 23.4 Å². The molecule has 0 fully saturated rings. The van der Waals surface area contributed by atoms with Crippen molar-refractivity contribution in [3.63, 3.8) is 0 Å². The summed E-state index contributed by atoms with van der Waals surface area (Å²) in [6.45, 7) is 3.72. The Hall–Kier alpha value is -1.71. The maximum absolute atomic E-state index is 10.0. The molecular formula is C8H9NO3. The summed E-state index contributed by atoms with van der Waals surface area (Å²) in [7, 11) is 0. The average molecular weight is 167 g/mol. The Labute approximate surface area is 69.8 Å². The molecule has 0 radical (unpaired) electrons. The third-order valence-corrected chi connectivity index (χ3v) is 1.28. The Morgan fingerprint density at radius 3 is 2.42 bits per heavy atom. The lowest BCUT2D eigenvalue weighted by atomic mass is 10.2. The zero-order valence-electron chi connectivity index (χ0n) is 6.65. The minimum Gasteiger partial charge on any atom is -0.508 e. The molecule has 0 amide bonds. The van der Waals surface area contributed by atoms with Crippen molar-refractivity contribution >= 4 is 12.5 Å². The second-order valence-corrected chi connectivity index (χ2v) is 2.06. The number of hydrogen-bond acceptors (Lipinski definition) is 4. The number of nitrogens with zero attached hydrogens (tertiary/aromatic N) is 1. The van der Waals surface area contributed by atoms with Crippen LogP contribution >= 0.6 is 0 Å². The van der Waals surface area contributed by atoms with Gasteiger partial charge in [-0.1, -0.05) is 0 Å². The molecule has 0 aliphatic rings. The largest absolute Gasteiger partial charge is 0.508 e. The Morgan fingerprint density at radius 1 is 1.42 bits per heavy atom. The number of benzene rings is 1. The van der Waals surface area contributed by atoms with Crippen molar-refractivity contribution < 1.29 is 9.90 Å².